The van der Waals surface area contributed by atoms with Gasteiger partial charge in [0.05, 0.1) is 6.07 Å². The van der Waals surface area contributed by atoms with Crippen LogP contribution >= 0.6 is 0 Å². The molecule has 2 saturated heterocycles. The van der Waals surface area contributed by atoms with E-state index in [0.717, 1.165) is 38.5 Å². The van der Waals surface area contributed by atoms with E-state index in [9.17, 15) is 8.42 Å². The lowest BCUT2D eigenvalue weighted by Gasteiger charge is -2.34. The van der Waals surface area contributed by atoms with Crippen LogP contribution in [0.5, 0.6) is 0 Å². The second-order valence-electron chi connectivity index (χ2n) is 5.07. The molecule has 0 bridgehead atoms. The van der Waals surface area contributed by atoms with Crippen molar-refractivity contribution >= 4 is 10.2 Å². The monoisotopic (exact) mass is 271 g/mol. The Morgan fingerprint density at radius 1 is 0.944 bits per heavy atom. The van der Waals surface area contributed by atoms with Crippen LogP contribution in [0, 0.1) is 11.3 Å². The summed E-state index contributed by atoms with van der Waals surface area (Å²) in [5.41, 5.74) is 0. The van der Waals surface area contributed by atoms with E-state index in [0.29, 0.717) is 26.1 Å². The Morgan fingerprint density at radius 3 is 2.17 bits per heavy atom. The topological polar surface area (TPSA) is 64.4 Å². The van der Waals surface area contributed by atoms with Crippen LogP contribution in [0.25, 0.3) is 0 Å². The molecule has 0 aromatic heterocycles. The minimum Gasteiger partial charge on any atom is -0.197 e. The van der Waals surface area contributed by atoms with E-state index in [2.05, 4.69) is 6.07 Å². The second-order valence-corrected chi connectivity index (χ2v) is 6.95. The van der Waals surface area contributed by atoms with Crippen LogP contribution < -0.4 is 0 Å². The summed E-state index contributed by atoms with van der Waals surface area (Å²) in [4.78, 5) is 0. The fourth-order valence-electron chi connectivity index (χ4n) is 2.73. The number of rotatable bonds is 2. The molecule has 2 rings (SSSR count). The van der Waals surface area contributed by atoms with Gasteiger partial charge < -0.3 is 0 Å². The van der Waals surface area contributed by atoms with Crippen molar-refractivity contribution in [1.82, 2.24) is 8.61 Å². The Labute approximate surface area is 110 Å². The number of nitrogens with zero attached hydrogens (tertiary/aromatic N) is 3. The molecular formula is C12H21N3O2S. The largest absolute Gasteiger partial charge is 0.283 e. The lowest BCUT2D eigenvalue weighted by Crippen LogP contribution is -2.50. The van der Waals surface area contributed by atoms with Crippen molar-refractivity contribution in [1.29, 1.82) is 5.26 Å². The summed E-state index contributed by atoms with van der Waals surface area (Å²) in [7, 11) is -3.43. The number of hydrogen-bond donors (Lipinski definition) is 0. The van der Waals surface area contributed by atoms with Gasteiger partial charge in [0.2, 0.25) is 0 Å². The minimum absolute atomic E-state index is 0.466. The molecule has 2 aliphatic rings. The van der Waals surface area contributed by atoms with Gasteiger partial charge in [-0.25, -0.2) is 0 Å². The zero-order chi connectivity index (χ0) is 13.0. The first kappa shape index (κ1) is 13.8. The van der Waals surface area contributed by atoms with E-state index in [4.69, 9.17) is 5.26 Å². The third-order valence-electron chi connectivity index (χ3n) is 3.79. The lowest BCUT2D eigenvalue weighted by atomic mass is 10.1. The number of piperidine rings is 1. The van der Waals surface area contributed by atoms with Crippen LogP contribution in [0.3, 0.4) is 0 Å². The zero-order valence-corrected chi connectivity index (χ0v) is 11.5. The lowest BCUT2D eigenvalue weighted by molar-refractivity contribution is 0.268. The molecule has 6 heteroatoms. The van der Waals surface area contributed by atoms with E-state index in [1.54, 1.807) is 4.31 Å². The standard InChI is InChI=1S/C12H21N3O2S/c13-11-12-7-3-6-10-15(12)18(16,17)14-8-4-1-2-5-9-14/h12H,1-10H2. The maximum Gasteiger partial charge on any atom is 0.283 e. The van der Waals surface area contributed by atoms with Crippen molar-refractivity contribution in [2.24, 2.45) is 0 Å². The predicted octanol–water partition coefficient (Wildman–Crippen LogP) is 1.49. The predicted molar refractivity (Wildman–Crippen MR) is 68.9 cm³/mol. The normalized spacial score (nSPS) is 28.5. The first-order chi connectivity index (χ1) is 8.66. The maximum atomic E-state index is 12.6. The molecule has 18 heavy (non-hydrogen) atoms. The zero-order valence-electron chi connectivity index (χ0n) is 10.7. The summed E-state index contributed by atoms with van der Waals surface area (Å²) in [6, 6.07) is 1.67. The fourth-order valence-corrected chi connectivity index (χ4v) is 4.58. The summed E-state index contributed by atoms with van der Waals surface area (Å²) < 4.78 is 28.1. The minimum atomic E-state index is -3.43. The molecular weight excluding hydrogens is 250 g/mol. The molecule has 2 heterocycles. The van der Waals surface area contributed by atoms with Crippen LogP contribution in [0.1, 0.15) is 44.9 Å². The Balaban J connectivity index is 2.15. The second kappa shape index (κ2) is 6.00. The van der Waals surface area contributed by atoms with Gasteiger partial charge in [0.25, 0.3) is 10.2 Å². The Kier molecular flexibility index (Phi) is 4.60. The average molecular weight is 271 g/mol. The highest BCUT2D eigenvalue weighted by molar-refractivity contribution is 7.86. The summed E-state index contributed by atoms with van der Waals surface area (Å²) in [5.74, 6) is 0. The molecule has 0 N–H and O–H groups in total. The SMILES string of the molecule is N#CC1CCCCN1S(=O)(=O)N1CCCCCC1. The van der Waals surface area contributed by atoms with Crippen molar-refractivity contribution in [3.05, 3.63) is 0 Å². The molecule has 0 aromatic rings. The van der Waals surface area contributed by atoms with Gasteiger partial charge in [0.1, 0.15) is 6.04 Å². The van der Waals surface area contributed by atoms with E-state index < -0.39 is 16.3 Å². The first-order valence-corrected chi connectivity index (χ1v) is 8.22. The van der Waals surface area contributed by atoms with Crippen molar-refractivity contribution in [3.8, 4) is 6.07 Å². The van der Waals surface area contributed by atoms with Crippen LogP contribution in [-0.4, -0.2) is 42.7 Å². The molecule has 1 atom stereocenters. The highest BCUT2D eigenvalue weighted by atomic mass is 32.2. The Bertz CT molecular complexity index is 408. The molecule has 5 nitrogen and oxygen atoms in total. The first-order valence-electron chi connectivity index (χ1n) is 6.83. The van der Waals surface area contributed by atoms with Crippen molar-refractivity contribution in [2.75, 3.05) is 19.6 Å². The molecule has 0 radical (unpaired) electrons. The highest BCUT2D eigenvalue weighted by Crippen LogP contribution is 2.24. The maximum absolute atomic E-state index is 12.6. The number of nitriles is 1. The smallest absolute Gasteiger partial charge is 0.197 e. The van der Waals surface area contributed by atoms with Gasteiger partial charge in [-0.2, -0.15) is 22.3 Å². The third kappa shape index (κ3) is 2.85. The van der Waals surface area contributed by atoms with Crippen LogP contribution in [0.2, 0.25) is 0 Å². The van der Waals surface area contributed by atoms with Gasteiger partial charge in [-0.15, -0.1) is 0 Å². The molecule has 2 aliphatic heterocycles. The van der Waals surface area contributed by atoms with E-state index in [-0.39, 0.29) is 0 Å². The van der Waals surface area contributed by atoms with Gasteiger partial charge in [0.15, 0.2) is 0 Å². The Morgan fingerprint density at radius 2 is 1.56 bits per heavy atom. The highest BCUT2D eigenvalue weighted by Gasteiger charge is 2.36. The summed E-state index contributed by atoms with van der Waals surface area (Å²) >= 11 is 0. The summed E-state index contributed by atoms with van der Waals surface area (Å²) in [6.45, 7) is 1.71. The van der Waals surface area contributed by atoms with Crippen LogP contribution in [0.4, 0.5) is 0 Å². The number of hydrogen-bond acceptors (Lipinski definition) is 3. The van der Waals surface area contributed by atoms with Gasteiger partial charge in [0, 0.05) is 19.6 Å². The van der Waals surface area contributed by atoms with Crippen LogP contribution in [0.15, 0.2) is 0 Å². The molecule has 0 saturated carbocycles. The molecule has 0 amide bonds. The molecule has 0 aliphatic carbocycles. The van der Waals surface area contributed by atoms with Gasteiger partial charge in [-0.05, 0) is 32.1 Å². The average Bonchev–Trinajstić information content (AvgIpc) is 2.68. The van der Waals surface area contributed by atoms with Gasteiger partial charge in [-0.1, -0.05) is 12.8 Å². The van der Waals surface area contributed by atoms with Crippen molar-refractivity contribution in [3.63, 3.8) is 0 Å². The fraction of sp³-hybridized carbons (Fsp3) is 0.917. The molecule has 1 unspecified atom stereocenters. The van der Waals surface area contributed by atoms with E-state index >= 15 is 0 Å². The molecule has 2 fully saturated rings. The quantitative estimate of drug-likeness (QED) is 0.764. The van der Waals surface area contributed by atoms with Gasteiger partial charge in [-0.3, -0.25) is 0 Å². The van der Waals surface area contributed by atoms with E-state index in [1.165, 1.54) is 4.31 Å². The summed E-state index contributed by atoms with van der Waals surface area (Å²) in [5, 5.41) is 9.10. The third-order valence-corrected chi connectivity index (χ3v) is 5.84. The van der Waals surface area contributed by atoms with E-state index in [1.807, 2.05) is 0 Å². The summed E-state index contributed by atoms with van der Waals surface area (Å²) in [6.07, 6.45) is 6.56. The van der Waals surface area contributed by atoms with Crippen molar-refractivity contribution in [2.45, 2.75) is 51.0 Å². The Hall–Kier alpha value is -0.640. The molecule has 102 valence electrons. The molecule has 0 aromatic carbocycles. The van der Waals surface area contributed by atoms with Gasteiger partial charge >= 0.3 is 0 Å². The van der Waals surface area contributed by atoms with Crippen LogP contribution in [-0.2, 0) is 10.2 Å². The molecule has 0 spiro atoms. The van der Waals surface area contributed by atoms with Crippen molar-refractivity contribution < 1.29 is 8.42 Å².